The molecule has 1 aliphatic rings. The first-order chi connectivity index (χ1) is 15.7. The van der Waals surface area contributed by atoms with E-state index in [4.69, 9.17) is 14.6 Å². The van der Waals surface area contributed by atoms with Crippen molar-refractivity contribution in [1.29, 1.82) is 0 Å². The van der Waals surface area contributed by atoms with Gasteiger partial charge in [0.15, 0.2) is 6.29 Å². The number of amides is 1. The highest BCUT2D eigenvalue weighted by molar-refractivity contribution is 9.10. The Morgan fingerprint density at radius 2 is 1.82 bits per heavy atom. The summed E-state index contributed by atoms with van der Waals surface area (Å²) >= 11 is 3.26. The molecule has 0 spiro atoms. The Morgan fingerprint density at radius 3 is 2.42 bits per heavy atom. The predicted octanol–water partition coefficient (Wildman–Crippen LogP) is 2.91. The molecule has 3 N–H and O–H groups in total. The maximum Gasteiger partial charge on any atom is 0.307 e. The van der Waals surface area contributed by atoms with E-state index in [0.29, 0.717) is 24.3 Å². The van der Waals surface area contributed by atoms with Gasteiger partial charge in [0.05, 0.1) is 17.9 Å². The summed E-state index contributed by atoms with van der Waals surface area (Å²) in [5, 5.41) is 11.5. The van der Waals surface area contributed by atoms with Gasteiger partial charge in [0.1, 0.15) is 6.04 Å². The van der Waals surface area contributed by atoms with Gasteiger partial charge in [-0.25, -0.2) is 8.42 Å². The van der Waals surface area contributed by atoms with Gasteiger partial charge >= 0.3 is 5.97 Å². The van der Waals surface area contributed by atoms with Crippen molar-refractivity contribution in [2.24, 2.45) is 0 Å². The zero-order chi connectivity index (χ0) is 23.8. The van der Waals surface area contributed by atoms with Crippen LogP contribution in [-0.4, -0.2) is 50.9 Å². The Hall–Kier alpha value is -2.31. The lowest BCUT2D eigenvalue weighted by Crippen LogP contribution is -2.47. The Labute approximate surface area is 200 Å². The maximum absolute atomic E-state index is 13.0. The predicted molar refractivity (Wildman–Crippen MR) is 124 cm³/mol. The average Bonchev–Trinajstić information content (AvgIpc) is 2.78. The van der Waals surface area contributed by atoms with Gasteiger partial charge < -0.3 is 19.9 Å². The van der Waals surface area contributed by atoms with E-state index < -0.39 is 34.2 Å². The van der Waals surface area contributed by atoms with E-state index >= 15 is 0 Å². The van der Waals surface area contributed by atoms with E-state index in [1.165, 1.54) is 12.1 Å². The summed E-state index contributed by atoms with van der Waals surface area (Å²) < 4.78 is 40.1. The summed E-state index contributed by atoms with van der Waals surface area (Å²) in [4.78, 5) is 23.8. The van der Waals surface area contributed by atoms with Gasteiger partial charge in [-0.3, -0.25) is 9.59 Å². The number of carbonyl (C=O) groups is 2. The minimum atomic E-state index is -4.00. The molecule has 1 amide bonds. The van der Waals surface area contributed by atoms with Gasteiger partial charge in [0.25, 0.3) is 0 Å². The molecule has 0 saturated carbocycles. The van der Waals surface area contributed by atoms with E-state index in [1.807, 2.05) is 0 Å². The smallest absolute Gasteiger partial charge is 0.307 e. The summed E-state index contributed by atoms with van der Waals surface area (Å²) in [7, 11) is -4.00. The third kappa shape index (κ3) is 7.90. The number of carboxylic acids is 1. The molecule has 0 bridgehead atoms. The Morgan fingerprint density at radius 1 is 1.12 bits per heavy atom. The third-order valence-electron chi connectivity index (χ3n) is 4.90. The van der Waals surface area contributed by atoms with E-state index in [0.717, 1.165) is 17.3 Å². The minimum absolute atomic E-state index is 0.00967. The average molecular weight is 541 g/mol. The molecule has 1 saturated heterocycles. The van der Waals surface area contributed by atoms with Crippen LogP contribution in [0.15, 0.2) is 57.9 Å². The van der Waals surface area contributed by atoms with E-state index in [1.54, 1.807) is 36.4 Å². The number of rotatable bonds is 10. The molecule has 1 fully saturated rings. The molecule has 0 aromatic heterocycles. The minimum Gasteiger partial charge on any atom is -0.481 e. The molecule has 2 aromatic carbocycles. The number of aliphatic carboxylic acids is 1. The second-order valence-electron chi connectivity index (χ2n) is 7.51. The van der Waals surface area contributed by atoms with Crippen LogP contribution < -0.4 is 10.0 Å². The number of halogens is 1. The van der Waals surface area contributed by atoms with Crippen molar-refractivity contribution in [2.45, 2.75) is 42.9 Å². The number of ether oxygens (including phenoxy) is 2. The van der Waals surface area contributed by atoms with Crippen LogP contribution in [-0.2, 0) is 35.5 Å². The van der Waals surface area contributed by atoms with Crippen molar-refractivity contribution >= 4 is 43.5 Å². The lowest BCUT2D eigenvalue weighted by molar-refractivity contribution is -0.166. The number of carboxylic acid groups (broad SMARTS) is 1. The number of sulfonamides is 1. The molecule has 2 atom stereocenters. The second-order valence-corrected chi connectivity index (χ2v) is 10.1. The van der Waals surface area contributed by atoms with Crippen LogP contribution in [0.5, 0.6) is 0 Å². The molecular formula is C22H25BrN2O7S. The van der Waals surface area contributed by atoms with Crippen molar-refractivity contribution < 1.29 is 32.6 Å². The second kappa shape index (κ2) is 11.7. The number of nitrogens with one attached hydrogen (secondary N) is 2. The molecule has 2 aromatic rings. The zero-order valence-corrected chi connectivity index (χ0v) is 20.1. The van der Waals surface area contributed by atoms with Crippen molar-refractivity contribution in [3.8, 4) is 0 Å². The molecule has 1 unspecified atom stereocenters. The first kappa shape index (κ1) is 25.3. The standard InChI is InChI=1S/C22H25BrN2O7S/c23-16-6-10-18(11-7-16)33(29,30)25-19(14-32-21-3-1-2-12-31-21)22(28)24-17-8-4-15(5-9-17)13-20(26)27/h4-11,19,21,25H,1-3,12-14H2,(H,24,28)(H,26,27)/t19-,21?/m0/s1. The highest BCUT2D eigenvalue weighted by Crippen LogP contribution is 2.17. The van der Waals surface area contributed by atoms with Crippen molar-refractivity contribution in [3.05, 3.63) is 58.6 Å². The van der Waals surface area contributed by atoms with E-state index in [9.17, 15) is 18.0 Å². The van der Waals surface area contributed by atoms with E-state index in [-0.39, 0.29) is 17.9 Å². The van der Waals surface area contributed by atoms with Gasteiger partial charge in [-0.15, -0.1) is 0 Å². The molecule has 11 heteroatoms. The highest BCUT2D eigenvalue weighted by Gasteiger charge is 2.28. The lowest BCUT2D eigenvalue weighted by atomic mass is 10.1. The zero-order valence-electron chi connectivity index (χ0n) is 17.7. The topological polar surface area (TPSA) is 131 Å². The van der Waals surface area contributed by atoms with Crippen molar-refractivity contribution in [3.63, 3.8) is 0 Å². The van der Waals surface area contributed by atoms with Crippen LogP contribution in [0.4, 0.5) is 5.69 Å². The summed E-state index contributed by atoms with van der Waals surface area (Å²) in [5.41, 5.74) is 0.974. The quantitative estimate of drug-likeness (QED) is 0.422. The number of carbonyl (C=O) groups excluding carboxylic acids is 1. The third-order valence-corrected chi connectivity index (χ3v) is 6.92. The highest BCUT2D eigenvalue weighted by atomic mass is 79.9. The molecule has 3 rings (SSSR count). The van der Waals surface area contributed by atoms with Gasteiger partial charge in [0.2, 0.25) is 15.9 Å². The van der Waals surface area contributed by atoms with Crippen molar-refractivity contribution in [2.75, 3.05) is 18.5 Å². The first-order valence-electron chi connectivity index (χ1n) is 10.4. The summed E-state index contributed by atoms with van der Waals surface area (Å²) in [6.07, 6.45) is 1.88. The summed E-state index contributed by atoms with van der Waals surface area (Å²) in [5.74, 6) is -1.58. The van der Waals surface area contributed by atoms with Crippen LogP contribution in [0, 0.1) is 0 Å². The number of hydrogen-bond donors (Lipinski definition) is 3. The Kier molecular flexibility index (Phi) is 8.98. The van der Waals surface area contributed by atoms with Gasteiger partial charge in [-0.05, 0) is 61.2 Å². The van der Waals surface area contributed by atoms with Gasteiger partial charge in [0, 0.05) is 16.8 Å². The van der Waals surface area contributed by atoms with Gasteiger partial charge in [-0.1, -0.05) is 28.1 Å². The van der Waals surface area contributed by atoms with E-state index in [2.05, 4.69) is 26.0 Å². The molecule has 0 aliphatic carbocycles. The number of benzene rings is 2. The molecule has 1 aliphatic heterocycles. The molecule has 9 nitrogen and oxygen atoms in total. The summed E-state index contributed by atoms with van der Waals surface area (Å²) in [6.45, 7) is 0.332. The molecule has 33 heavy (non-hydrogen) atoms. The first-order valence-corrected chi connectivity index (χ1v) is 12.6. The molecule has 1 heterocycles. The van der Waals surface area contributed by atoms with Crippen LogP contribution in [0.1, 0.15) is 24.8 Å². The number of hydrogen-bond acceptors (Lipinski definition) is 6. The van der Waals surface area contributed by atoms with Crippen LogP contribution in [0.25, 0.3) is 0 Å². The molecular weight excluding hydrogens is 516 g/mol. The largest absolute Gasteiger partial charge is 0.481 e. The van der Waals surface area contributed by atoms with Crippen molar-refractivity contribution in [1.82, 2.24) is 4.72 Å². The van der Waals surface area contributed by atoms with Crippen LogP contribution >= 0.6 is 15.9 Å². The van der Waals surface area contributed by atoms with Crippen LogP contribution in [0.3, 0.4) is 0 Å². The maximum atomic E-state index is 13.0. The molecule has 0 radical (unpaired) electrons. The Balaban J connectivity index is 1.72. The molecule has 178 valence electrons. The normalized spacial score (nSPS) is 17.3. The van der Waals surface area contributed by atoms with Crippen LogP contribution in [0.2, 0.25) is 0 Å². The monoisotopic (exact) mass is 540 g/mol. The fourth-order valence-corrected chi connectivity index (χ4v) is 4.63. The summed E-state index contributed by atoms with van der Waals surface area (Å²) in [6, 6.07) is 11.1. The fraction of sp³-hybridized carbons (Fsp3) is 0.364. The fourth-order valence-electron chi connectivity index (χ4n) is 3.19. The van der Waals surface area contributed by atoms with Gasteiger partial charge in [-0.2, -0.15) is 4.72 Å². The Bertz CT molecular complexity index is 1050. The lowest BCUT2D eigenvalue weighted by Gasteiger charge is -2.25. The number of anilines is 1. The SMILES string of the molecule is O=C(O)Cc1ccc(NC(=O)[C@H](COC2CCCCO2)NS(=O)(=O)c2ccc(Br)cc2)cc1.